The number of likely N-dealkylation sites (tertiary alicyclic amines) is 1. The number of aromatic amines is 1. The van der Waals surface area contributed by atoms with Gasteiger partial charge in [0.25, 0.3) is 0 Å². The summed E-state index contributed by atoms with van der Waals surface area (Å²) in [5, 5.41) is 38.3. The highest BCUT2D eigenvalue weighted by Gasteiger charge is 2.40. The lowest BCUT2D eigenvalue weighted by Crippen LogP contribution is -2.62. The number of carbonyl (C=O) groups is 9. The number of carboxylic acids is 1. The molecule has 0 spiro atoms. The Morgan fingerprint density at radius 3 is 1.80 bits per heavy atom. The van der Waals surface area contributed by atoms with Crippen LogP contribution in [0.3, 0.4) is 0 Å². The molecule has 8 amide bonds. The predicted octanol–water partition coefficient (Wildman–Crippen LogP) is -4.52. The van der Waals surface area contributed by atoms with Crippen molar-refractivity contribution in [1.82, 2.24) is 52.1 Å². The third kappa shape index (κ3) is 20.1. The molecular formula is C43H75N15O11S2. The van der Waals surface area contributed by atoms with Crippen molar-refractivity contribution in [3.05, 3.63) is 18.2 Å². The van der Waals surface area contributed by atoms with Gasteiger partial charge in [0.15, 0.2) is 5.96 Å². The molecular weight excluding hydrogens is 967 g/mol. The topological polar surface area (TPSA) is 427 Å². The first-order chi connectivity index (χ1) is 33.5. The zero-order chi connectivity index (χ0) is 53.5. The molecule has 1 aromatic heterocycles. The van der Waals surface area contributed by atoms with Crippen LogP contribution >= 0.6 is 25.3 Å². The second kappa shape index (κ2) is 30.9. The fraction of sp³-hybridized carbons (Fsp3) is 0.698. The van der Waals surface area contributed by atoms with Crippen molar-refractivity contribution >= 4 is 84.4 Å². The van der Waals surface area contributed by atoms with Crippen LogP contribution in [0, 0.1) is 11.8 Å². The molecule has 0 aromatic carbocycles. The molecule has 18 N–H and O–H groups in total. The van der Waals surface area contributed by atoms with Crippen LogP contribution < -0.4 is 60.2 Å². The molecule has 2 rings (SSSR count). The number of aliphatic hydroxyl groups is 1. The fourth-order valence-corrected chi connectivity index (χ4v) is 7.83. The number of amides is 8. The first kappa shape index (κ1) is 61.4. The van der Waals surface area contributed by atoms with Gasteiger partial charge in [0.1, 0.15) is 48.3 Å². The monoisotopic (exact) mass is 1040 g/mol. The largest absolute Gasteiger partial charge is 0.480 e. The van der Waals surface area contributed by atoms with Gasteiger partial charge in [-0.15, -0.1) is 0 Å². The van der Waals surface area contributed by atoms with E-state index in [4.69, 9.17) is 22.9 Å². The Morgan fingerprint density at radius 1 is 0.746 bits per heavy atom. The third-order valence-corrected chi connectivity index (χ3v) is 12.2. The lowest BCUT2D eigenvalue weighted by molar-refractivity contribution is -0.141. The molecule has 0 bridgehead atoms. The van der Waals surface area contributed by atoms with E-state index in [9.17, 15) is 53.4 Å². The number of imidazole rings is 1. The lowest BCUT2D eigenvalue weighted by Gasteiger charge is -2.31. The van der Waals surface area contributed by atoms with Crippen molar-refractivity contribution in [2.75, 3.05) is 31.1 Å². The minimum Gasteiger partial charge on any atom is -0.480 e. The van der Waals surface area contributed by atoms with Crippen LogP contribution in [0.25, 0.3) is 0 Å². The van der Waals surface area contributed by atoms with Gasteiger partial charge in [-0.05, 0) is 70.3 Å². The van der Waals surface area contributed by atoms with Crippen LogP contribution in [0.2, 0.25) is 0 Å². The van der Waals surface area contributed by atoms with E-state index in [1.54, 1.807) is 27.7 Å². The van der Waals surface area contributed by atoms with Gasteiger partial charge >= 0.3 is 5.97 Å². The number of nitrogens with zero attached hydrogens (tertiary/aromatic N) is 3. The number of aliphatic imine (C=N–C) groups is 1. The number of carboxylic acid groups (broad SMARTS) is 1. The van der Waals surface area contributed by atoms with Crippen LogP contribution in [0.4, 0.5) is 0 Å². The summed E-state index contributed by atoms with van der Waals surface area (Å²) >= 11 is 8.08. The number of hydrogen-bond donors (Lipinski definition) is 16. The Hall–Kier alpha value is -5.71. The maximum atomic E-state index is 14.2. The van der Waals surface area contributed by atoms with Gasteiger partial charge in [-0.1, -0.05) is 27.7 Å². The summed E-state index contributed by atoms with van der Waals surface area (Å²) in [6.07, 6.45) is 2.73. The third-order valence-electron chi connectivity index (χ3n) is 11.5. The average Bonchev–Trinajstić information content (AvgIpc) is 4.03. The van der Waals surface area contributed by atoms with Crippen molar-refractivity contribution in [3.8, 4) is 0 Å². The minimum absolute atomic E-state index is 0.0114. The molecule has 0 aliphatic carbocycles. The number of unbranched alkanes of at least 4 members (excludes halogenated alkanes) is 1. The molecule has 0 saturated carbocycles. The highest BCUT2D eigenvalue weighted by molar-refractivity contribution is 7.80. The molecule has 1 fully saturated rings. The number of thiol groups is 2. The normalized spacial score (nSPS) is 17.2. The molecule has 400 valence electrons. The molecule has 2 heterocycles. The number of carbonyl (C=O) groups excluding carboxylic acids is 8. The second-order valence-corrected chi connectivity index (χ2v) is 18.7. The Labute approximate surface area is 424 Å². The summed E-state index contributed by atoms with van der Waals surface area (Å²) < 4.78 is 0. The maximum absolute atomic E-state index is 14.2. The van der Waals surface area contributed by atoms with E-state index in [0.717, 1.165) is 0 Å². The first-order valence-electron chi connectivity index (χ1n) is 23.5. The Kier molecular flexibility index (Phi) is 26.7. The molecule has 10 atom stereocenters. The van der Waals surface area contributed by atoms with E-state index in [1.165, 1.54) is 24.3 Å². The Balaban J connectivity index is 2.38. The number of aliphatic carboxylic acids is 1. The van der Waals surface area contributed by atoms with Crippen LogP contribution in [0.15, 0.2) is 17.5 Å². The van der Waals surface area contributed by atoms with Gasteiger partial charge in [-0.2, -0.15) is 25.3 Å². The predicted molar refractivity (Wildman–Crippen MR) is 268 cm³/mol. The van der Waals surface area contributed by atoms with Gasteiger partial charge in [-0.3, -0.25) is 43.3 Å². The minimum atomic E-state index is -1.65. The Morgan fingerprint density at radius 2 is 1.27 bits per heavy atom. The number of nitrogens with one attached hydrogen (secondary N) is 8. The Bertz CT molecular complexity index is 1970. The highest BCUT2D eigenvalue weighted by atomic mass is 32.1. The zero-order valence-electron chi connectivity index (χ0n) is 40.9. The van der Waals surface area contributed by atoms with Crippen molar-refractivity contribution in [1.29, 1.82) is 0 Å². The van der Waals surface area contributed by atoms with E-state index in [0.29, 0.717) is 31.4 Å². The summed E-state index contributed by atoms with van der Waals surface area (Å²) in [5.41, 5.74) is 23.0. The molecule has 1 saturated heterocycles. The summed E-state index contributed by atoms with van der Waals surface area (Å²) in [7, 11) is 0. The summed E-state index contributed by atoms with van der Waals surface area (Å²) in [6.45, 7) is 8.33. The highest BCUT2D eigenvalue weighted by Crippen LogP contribution is 2.20. The van der Waals surface area contributed by atoms with Gasteiger partial charge in [0, 0.05) is 42.9 Å². The van der Waals surface area contributed by atoms with E-state index >= 15 is 0 Å². The van der Waals surface area contributed by atoms with Crippen molar-refractivity contribution in [3.63, 3.8) is 0 Å². The number of rotatable bonds is 31. The molecule has 0 unspecified atom stereocenters. The van der Waals surface area contributed by atoms with Gasteiger partial charge in [0.2, 0.25) is 47.3 Å². The fourth-order valence-electron chi connectivity index (χ4n) is 7.43. The van der Waals surface area contributed by atoms with E-state index in [-0.39, 0.29) is 62.8 Å². The second-order valence-electron chi connectivity index (χ2n) is 17.9. The van der Waals surface area contributed by atoms with Crippen LogP contribution in [-0.2, 0) is 49.6 Å². The van der Waals surface area contributed by atoms with E-state index in [2.05, 4.69) is 77.4 Å². The number of hydrogen-bond acceptors (Lipinski definition) is 16. The van der Waals surface area contributed by atoms with Crippen molar-refractivity contribution < 1.29 is 53.4 Å². The summed E-state index contributed by atoms with van der Waals surface area (Å²) in [4.78, 5) is 133. The molecule has 26 nitrogen and oxygen atoms in total. The zero-order valence-corrected chi connectivity index (χ0v) is 42.7. The standard InChI is InChI=1S/C43H75N15O11S2/c1-21(2)31(38(64)53-28(16-24-17-48-20-50-24)36(62)54-29(19-71)42(68)69)55-35(61)27(11-8-14-49-43(46)47)51-34(60)26(10-6-7-13-44)52-40(66)33(23(5)59)57-39(65)32(22(3)4)56-37(63)30-12-9-15-58(30)41(67)25(45)18-70/h17,20-23,25-33,59,70-71H,6-16,18-19,44-45H2,1-5H3,(H,48,50)(H,51,60)(H,52,66)(H,53,64)(H,54,62)(H,55,61)(H,56,63)(H,57,65)(H,68,69)(H4,46,47,49)/t23-,25+,26+,27+,28+,29+,30+,31+,32+,33+/m1/s1. The van der Waals surface area contributed by atoms with Gasteiger partial charge in [-0.25, -0.2) is 9.78 Å². The van der Waals surface area contributed by atoms with Crippen LogP contribution in [-0.4, -0.2) is 176 Å². The van der Waals surface area contributed by atoms with Crippen LogP contribution in [0.1, 0.15) is 85.3 Å². The summed E-state index contributed by atoms with van der Waals surface area (Å²) in [6, 6.07) is -11.5. The molecule has 1 aliphatic rings. The van der Waals surface area contributed by atoms with E-state index < -0.39 is 126 Å². The van der Waals surface area contributed by atoms with E-state index in [1.807, 2.05) is 0 Å². The SMILES string of the molecule is CC(C)[C@H](NC(=O)[C@H](CCCN=C(N)N)NC(=O)[C@H](CCCCN)NC(=O)[C@@H](NC(=O)[C@@H](NC(=O)[C@@H]1CCCN1C(=O)[C@@H](N)CS)C(C)C)[C@@H](C)O)C(=O)N[C@@H](Cc1cnc[nH]1)C(=O)N[C@@H](CS)C(=O)O. The smallest absolute Gasteiger partial charge is 0.327 e. The van der Waals surface area contributed by atoms with Crippen molar-refractivity contribution in [2.24, 2.45) is 39.8 Å². The number of aliphatic hydroxyl groups excluding tert-OH is 1. The van der Waals surface area contributed by atoms with Gasteiger partial charge < -0.3 is 80.2 Å². The molecule has 1 aliphatic heterocycles. The number of aromatic nitrogens is 2. The lowest BCUT2D eigenvalue weighted by atomic mass is 10.00. The average molecular weight is 1040 g/mol. The molecule has 28 heteroatoms. The van der Waals surface area contributed by atoms with Crippen LogP contribution in [0.5, 0.6) is 0 Å². The molecule has 71 heavy (non-hydrogen) atoms. The van der Waals surface area contributed by atoms with Crippen molar-refractivity contribution in [2.45, 2.75) is 146 Å². The summed E-state index contributed by atoms with van der Waals surface area (Å²) in [5.74, 6) is -9.17. The maximum Gasteiger partial charge on any atom is 0.327 e. The van der Waals surface area contributed by atoms with Gasteiger partial charge in [0.05, 0.1) is 18.5 Å². The number of nitrogens with two attached hydrogens (primary N) is 4. The number of H-pyrrole nitrogens is 1. The molecule has 0 radical (unpaired) electrons. The quantitative estimate of drug-likeness (QED) is 0.0144. The first-order valence-corrected chi connectivity index (χ1v) is 24.8. The number of guanidine groups is 1. The molecule has 1 aromatic rings.